The van der Waals surface area contributed by atoms with Crippen molar-refractivity contribution in [3.05, 3.63) is 34.6 Å². The number of allylic oxidation sites excluding steroid dienone is 1. The second-order valence-corrected chi connectivity index (χ2v) is 8.21. The van der Waals surface area contributed by atoms with Gasteiger partial charge in [0.1, 0.15) is 5.25 Å². The highest BCUT2D eigenvalue weighted by atomic mass is 32.2. The average molecular weight is 338 g/mol. The van der Waals surface area contributed by atoms with E-state index >= 15 is 0 Å². The van der Waals surface area contributed by atoms with E-state index in [9.17, 15) is 13.2 Å². The lowest BCUT2D eigenvalue weighted by Crippen LogP contribution is -2.40. The molecule has 1 atom stereocenters. The number of carbonyl (C=O) groups is 1. The predicted octanol–water partition coefficient (Wildman–Crippen LogP) is -0.728. The van der Waals surface area contributed by atoms with Crippen molar-refractivity contribution in [2.24, 2.45) is 5.16 Å². The van der Waals surface area contributed by atoms with Crippen molar-refractivity contribution >= 4 is 21.6 Å². The van der Waals surface area contributed by atoms with Crippen molar-refractivity contribution < 1.29 is 18.4 Å². The maximum Gasteiger partial charge on any atom is 0.278 e. The van der Waals surface area contributed by atoms with Gasteiger partial charge in [-0.25, -0.2) is 12.7 Å². The van der Waals surface area contributed by atoms with Crippen LogP contribution in [0.3, 0.4) is 0 Å². The number of carbonyl (C=O) groups excluding carboxylic acids is 1. The molecule has 1 saturated heterocycles. The van der Waals surface area contributed by atoms with Crippen LogP contribution < -0.4 is 5.32 Å². The van der Waals surface area contributed by atoms with Crippen LogP contribution in [-0.2, 0) is 14.8 Å². The van der Waals surface area contributed by atoms with Gasteiger partial charge in [0, 0.05) is 32.8 Å². The van der Waals surface area contributed by atoms with Gasteiger partial charge in [0.05, 0.1) is 5.70 Å². The first-order valence-electron chi connectivity index (χ1n) is 7.06. The molecule has 1 fully saturated rings. The Bertz CT molecular complexity index is 805. The van der Waals surface area contributed by atoms with Crippen LogP contribution in [-0.4, -0.2) is 73.9 Å². The van der Waals surface area contributed by atoms with E-state index in [1.165, 1.54) is 20.2 Å². The van der Waals surface area contributed by atoms with E-state index in [0.29, 0.717) is 29.9 Å². The van der Waals surface area contributed by atoms with Gasteiger partial charge in [0.15, 0.2) is 5.71 Å². The van der Waals surface area contributed by atoms with Gasteiger partial charge >= 0.3 is 0 Å². The quantitative estimate of drug-likeness (QED) is 0.511. The Labute approximate surface area is 134 Å². The lowest BCUT2D eigenvalue weighted by Gasteiger charge is -2.33. The Morgan fingerprint density at radius 3 is 2.74 bits per heavy atom. The molecule has 2 heterocycles. The van der Waals surface area contributed by atoms with Gasteiger partial charge in [0.25, 0.3) is 5.91 Å². The lowest BCUT2D eigenvalue weighted by atomic mass is 9.88. The molecule has 3 aliphatic rings. The number of sulfonamides is 1. The van der Waals surface area contributed by atoms with E-state index in [0.717, 1.165) is 9.88 Å². The molecule has 2 N–H and O–H groups in total. The highest BCUT2D eigenvalue weighted by molar-refractivity contribution is 7.90. The Balaban J connectivity index is 2.24. The zero-order valence-corrected chi connectivity index (χ0v) is 13.9. The molecule has 23 heavy (non-hydrogen) atoms. The number of fused-ring (bicyclic) bond motifs is 2. The first kappa shape index (κ1) is 15.9. The van der Waals surface area contributed by atoms with Crippen LogP contribution in [0.2, 0.25) is 0 Å². The second-order valence-electron chi connectivity index (χ2n) is 5.94. The molecule has 0 radical (unpaired) electrons. The van der Waals surface area contributed by atoms with Crippen LogP contribution in [0.15, 0.2) is 39.7 Å². The zero-order valence-electron chi connectivity index (χ0n) is 13.1. The maximum atomic E-state index is 12.7. The van der Waals surface area contributed by atoms with Crippen molar-refractivity contribution in [1.29, 1.82) is 0 Å². The third-order valence-electron chi connectivity index (χ3n) is 4.23. The van der Waals surface area contributed by atoms with E-state index in [-0.39, 0.29) is 5.71 Å². The number of hydrogen-bond acceptors (Lipinski definition) is 6. The van der Waals surface area contributed by atoms with Gasteiger partial charge in [-0.2, -0.15) is 0 Å². The highest BCUT2D eigenvalue weighted by Crippen LogP contribution is 2.37. The number of hydrogen-bond donors (Lipinski definition) is 2. The summed E-state index contributed by atoms with van der Waals surface area (Å²) >= 11 is 0. The topological polar surface area (TPSA) is 102 Å². The third kappa shape index (κ3) is 2.32. The van der Waals surface area contributed by atoms with Gasteiger partial charge in [0.2, 0.25) is 10.0 Å². The minimum Gasteiger partial charge on any atom is -0.410 e. The number of nitrogens with one attached hydrogen (secondary N) is 1. The summed E-state index contributed by atoms with van der Waals surface area (Å²) in [7, 11) is 1.24. The zero-order chi connectivity index (χ0) is 16.9. The molecule has 0 aromatic carbocycles. The van der Waals surface area contributed by atoms with Crippen molar-refractivity contribution in [3.63, 3.8) is 0 Å². The molecule has 9 heteroatoms. The van der Waals surface area contributed by atoms with Crippen LogP contribution >= 0.6 is 0 Å². The number of likely N-dealkylation sites (N-methyl/N-ethyl adjacent to an activating group) is 1. The van der Waals surface area contributed by atoms with Crippen LogP contribution in [0.4, 0.5) is 0 Å². The highest BCUT2D eigenvalue weighted by Gasteiger charge is 2.43. The predicted molar refractivity (Wildman–Crippen MR) is 84.4 cm³/mol. The Kier molecular flexibility index (Phi) is 3.66. The normalized spacial score (nSPS) is 26.9. The van der Waals surface area contributed by atoms with Crippen LogP contribution in [0.5, 0.6) is 0 Å². The van der Waals surface area contributed by atoms with Gasteiger partial charge in [-0.1, -0.05) is 11.2 Å². The fourth-order valence-corrected chi connectivity index (χ4v) is 4.33. The average Bonchev–Trinajstić information content (AvgIpc) is 2.81. The summed E-state index contributed by atoms with van der Waals surface area (Å²) in [6.07, 6.45) is 3.35. The second kappa shape index (κ2) is 5.29. The Hall–Kier alpha value is -1.97. The first-order chi connectivity index (χ1) is 10.8. The molecule has 0 saturated carbocycles. The SMILES string of the molecule is CN1CC=C2C(=C3NC(=O)/C(=N\O)C3=CC2S(=O)(=O)N(C)C)C1. The third-order valence-corrected chi connectivity index (χ3v) is 6.28. The van der Waals surface area contributed by atoms with Crippen molar-refractivity contribution in [2.45, 2.75) is 5.25 Å². The van der Waals surface area contributed by atoms with Gasteiger partial charge in [-0.05, 0) is 24.3 Å². The number of oxime groups is 1. The fourth-order valence-electron chi connectivity index (χ4n) is 3.01. The van der Waals surface area contributed by atoms with Gasteiger partial charge < -0.3 is 10.5 Å². The standard InChI is InChI=1S/C14H18N4O4S/c1-17(2)23(21,22)11-6-9-12(15-14(19)13(9)16-20)10-7-18(3)5-4-8(10)11/h4,6,11,20H,5,7H2,1-3H3,(H,15,19)/b16-13-. The number of rotatable bonds is 2. The molecule has 8 nitrogen and oxygen atoms in total. The van der Waals surface area contributed by atoms with Crippen molar-refractivity contribution in [1.82, 2.24) is 14.5 Å². The van der Waals surface area contributed by atoms with Crippen molar-refractivity contribution in [3.8, 4) is 0 Å². The van der Waals surface area contributed by atoms with Crippen molar-refractivity contribution in [2.75, 3.05) is 34.2 Å². The number of nitrogens with zero attached hydrogens (tertiary/aromatic N) is 3. The lowest BCUT2D eigenvalue weighted by molar-refractivity contribution is -0.113. The van der Waals surface area contributed by atoms with E-state index < -0.39 is 21.2 Å². The monoisotopic (exact) mass is 338 g/mol. The molecule has 2 aliphatic heterocycles. The molecule has 0 aromatic heterocycles. The minimum absolute atomic E-state index is 0.154. The summed E-state index contributed by atoms with van der Waals surface area (Å²) in [4.78, 5) is 14.0. The van der Waals surface area contributed by atoms with Crippen LogP contribution in [0, 0.1) is 0 Å². The summed E-state index contributed by atoms with van der Waals surface area (Å²) < 4.78 is 26.5. The Morgan fingerprint density at radius 1 is 1.43 bits per heavy atom. The molecular formula is C14H18N4O4S. The molecular weight excluding hydrogens is 320 g/mol. The largest absolute Gasteiger partial charge is 0.410 e. The van der Waals surface area contributed by atoms with Gasteiger partial charge in [-0.15, -0.1) is 0 Å². The van der Waals surface area contributed by atoms with E-state index in [1.54, 1.807) is 0 Å². The molecule has 0 bridgehead atoms. The maximum absolute atomic E-state index is 12.7. The molecule has 1 aliphatic carbocycles. The smallest absolute Gasteiger partial charge is 0.278 e. The summed E-state index contributed by atoms with van der Waals surface area (Å²) in [5.74, 6) is -0.531. The Morgan fingerprint density at radius 2 is 2.13 bits per heavy atom. The van der Waals surface area contributed by atoms with E-state index in [4.69, 9.17) is 5.21 Å². The first-order valence-corrected chi connectivity index (χ1v) is 8.57. The summed E-state index contributed by atoms with van der Waals surface area (Å²) in [6.45, 7) is 1.14. The molecule has 3 rings (SSSR count). The van der Waals surface area contributed by atoms with Crippen LogP contribution in [0.25, 0.3) is 0 Å². The summed E-state index contributed by atoms with van der Waals surface area (Å²) in [5.41, 5.74) is 2.15. The molecule has 0 spiro atoms. The molecule has 0 aromatic rings. The van der Waals surface area contributed by atoms with E-state index in [1.807, 2.05) is 18.0 Å². The van der Waals surface area contributed by atoms with Gasteiger partial charge in [-0.3, -0.25) is 9.69 Å². The minimum atomic E-state index is -3.62. The molecule has 1 amide bonds. The van der Waals surface area contributed by atoms with Crippen LogP contribution in [0.1, 0.15) is 0 Å². The summed E-state index contributed by atoms with van der Waals surface area (Å²) in [6, 6.07) is 0. The summed E-state index contributed by atoms with van der Waals surface area (Å²) in [5, 5.41) is 13.9. The number of amides is 1. The fraction of sp³-hybridized carbons (Fsp3) is 0.429. The van der Waals surface area contributed by atoms with E-state index in [2.05, 4.69) is 10.5 Å². The molecule has 124 valence electrons. The molecule has 1 unspecified atom stereocenters.